The second-order valence-electron chi connectivity index (χ2n) is 6.96. The molecule has 9 nitrogen and oxygen atoms in total. The first kappa shape index (κ1) is 22.4. The van der Waals surface area contributed by atoms with Crippen molar-refractivity contribution in [3.63, 3.8) is 0 Å². The molecular formula is C23H24N4O5. The maximum Gasteiger partial charge on any atom is 0.291 e. The van der Waals surface area contributed by atoms with E-state index in [1.165, 1.54) is 20.3 Å². The van der Waals surface area contributed by atoms with Crippen LogP contribution in [-0.2, 0) is 9.59 Å². The van der Waals surface area contributed by atoms with Gasteiger partial charge in [0.15, 0.2) is 5.76 Å². The summed E-state index contributed by atoms with van der Waals surface area (Å²) in [5.41, 5.74) is 2.27. The summed E-state index contributed by atoms with van der Waals surface area (Å²) in [7, 11) is 1.50. The monoisotopic (exact) mass is 436 g/mol. The summed E-state index contributed by atoms with van der Waals surface area (Å²) in [4.78, 5) is 36.0. The maximum atomic E-state index is 12.7. The molecule has 3 aromatic rings. The lowest BCUT2D eigenvalue weighted by molar-refractivity contribution is -0.116. The summed E-state index contributed by atoms with van der Waals surface area (Å²) in [5.74, 6) is -0.171. The Hall–Kier alpha value is -4.27. The van der Waals surface area contributed by atoms with Gasteiger partial charge in [0.2, 0.25) is 11.8 Å². The van der Waals surface area contributed by atoms with Gasteiger partial charge in [-0.1, -0.05) is 0 Å². The van der Waals surface area contributed by atoms with E-state index in [0.717, 1.165) is 0 Å². The maximum absolute atomic E-state index is 12.7. The Morgan fingerprint density at radius 3 is 2.22 bits per heavy atom. The summed E-state index contributed by atoms with van der Waals surface area (Å²) in [6.07, 6.45) is 1.43. The van der Waals surface area contributed by atoms with Gasteiger partial charge in [-0.15, -0.1) is 0 Å². The van der Waals surface area contributed by atoms with Crippen LogP contribution in [0.25, 0.3) is 0 Å². The minimum atomic E-state index is -0.576. The van der Waals surface area contributed by atoms with E-state index >= 15 is 0 Å². The zero-order valence-electron chi connectivity index (χ0n) is 17.9. The second-order valence-corrected chi connectivity index (χ2v) is 6.96. The van der Waals surface area contributed by atoms with Crippen LogP contribution in [0.5, 0.6) is 5.75 Å². The molecule has 9 heteroatoms. The number of carbonyl (C=O) groups excluding carboxylic acids is 3. The minimum absolute atomic E-state index is 0.216. The molecule has 166 valence electrons. The van der Waals surface area contributed by atoms with Crippen LogP contribution in [-0.4, -0.2) is 30.9 Å². The fourth-order valence-electron chi connectivity index (χ4n) is 2.89. The molecule has 0 saturated heterocycles. The topological polar surface area (TPSA) is 122 Å². The first-order chi connectivity index (χ1) is 15.4. The third kappa shape index (κ3) is 5.88. The van der Waals surface area contributed by atoms with Gasteiger partial charge in [-0.25, -0.2) is 0 Å². The van der Waals surface area contributed by atoms with Crippen LogP contribution in [0.15, 0.2) is 65.3 Å². The zero-order chi connectivity index (χ0) is 23.1. The molecule has 2 aromatic carbocycles. The van der Waals surface area contributed by atoms with Gasteiger partial charge in [-0.2, -0.15) is 0 Å². The number of methoxy groups -OCH3 is 1. The molecule has 0 fully saturated rings. The van der Waals surface area contributed by atoms with Gasteiger partial charge < -0.3 is 30.4 Å². The number of amides is 3. The molecule has 0 bridgehead atoms. The second kappa shape index (κ2) is 10.2. The Kier molecular flexibility index (Phi) is 7.12. The third-order valence-electron chi connectivity index (χ3n) is 4.44. The molecular weight excluding hydrogens is 412 g/mol. The molecule has 4 N–H and O–H groups in total. The molecule has 0 unspecified atom stereocenters. The number of rotatable bonds is 8. The van der Waals surface area contributed by atoms with Crippen molar-refractivity contribution < 1.29 is 23.5 Å². The van der Waals surface area contributed by atoms with Crippen molar-refractivity contribution in [2.75, 3.05) is 28.4 Å². The van der Waals surface area contributed by atoms with Crippen LogP contribution in [0.2, 0.25) is 0 Å². The predicted octanol–water partition coefficient (Wildman–Crippen LogP) is 3.94. The van der Waals surface area contributed by atoms with Gasteiger partial charge in [-0.3, -0.25) is 14.4 Å². The van der Waals surface area contributed by atoms with Crippen molar-refractivity contribution in [2.45, 2.75) is 19.9 Å². The van der Waals surface area contributed by atoms with Crippen LogP contribution < -0.4 is 26.0 Å². The number of nitrogens with one attached hydrogen (secondary N) is 4. The highest BCUT2D eigenvalue weighted by molar-refractivity contribution is 6.02. The largest absolute Gasteiger partial charge is 0.495 e. The number of hydrogen-bond acceptors (Lipinski definition) is 6. The van der Waals surface area contributed by atoms with Crippen molar-refractivity contribution in [1.82, 2.24) is 0 Å². The quantitative estimate of drug-likeness (QED) is 0.424. The highest BCUT2D eigenvalue weighted by atomic mass is 16.5. The van der Waals surface area contributed by atoms with E-state index in [2.05, 4.69) is 21.3 Å². The summed E-state index contributed by atoms with van der Waals surface area (Å²) in [6, 6.07) is 14.5. The van der Waals surface area contributed by atoms with Gasteiger partial charge in [0.25, 0.3) is 5.91 Å². The Morgan fingerprint density at radius 2 is 1.59 bits per heavy atom. The van der Waals surface area contributed by atoms with E-state index in [4.69, 9.17) is 9.15 Å². The number of hydrogen-bond donors (Lipinski definition) is 4. The van der Waals surface area contributed by atoms with Gasteiger partial charge in [0, 0.05) is 24.0 Å². The molecule has 0 radical (unpaired) electrons. The number of benzene rings is 2. The normalized spacial score (nSPS) is 11.2. The number of ether oxygens (including phenoxy) is 1. The summed E-state index contributed by atoms with van der Waals surface area (Å²) < 4.78 is 10.4. The van der Waals surface area contributed by atoms with E-state index in [-0.39, 0.29) is 23.5 Å². The molecule has 3 rings (SSSR count). The first-order valence-electron chi connectivity index (χ1n) is 9.83. The molecule has 1 atom stereocenters. The standard InChI is InChI=1S/C23H24N4O5/c1-14(22(29)27-19-13-18(25-15(2)28)10-11-20(19)31-3)24-16-6-8-17(9-7-16)26-23(30)21-5-4-12-32-21/h4-14,24H,1-3H3,(H,25,28)(H,26,30)(H,27,29)/t14-/m0/s1. The van der Waals surface area contributed by atoms with Crippen LogP contribution in [0.1, 0.15) is 24.4 Å². The lowest BCUT2D eigenvalue weighted by Crippen LogP contribution is -2.32. The van der Waals surface area contributed by atoms with E-state index in [9.17, 15) is 14.4 Å². The SMILES string of the molecule is COc1ccc(NC(C)=O)cc1NC(=O)[C@H](C)Nc1ccc(NC(=O)c2ccco2)cc1. The molecule has 0 aliphatic rings. The van der Waals surface area contributed by atoms with Crippen LogP contribution in [0.3, 0.4) is 0 Å². The van der Waals surface area contributed by atoms with Crippen molar-refractivity contribution in [3.05, 3.63) is 66.6 Å². The molecule has 1 aromatic heterocycles. The van der Waals surface area contributed by atoms with Crippen molar-refractivity contribution >= 4 is 40.5 Å². The average Bonchev–Trinajstić information content (AvgIpc) is 3.30. The van der Waals surface area contributed by atoms with Gasteiger partial charge in [0.05, 0.1) is 19.1 Å². The Bertz CT molecular complexity index is 1090. The van der Waals surface area contributed by atoms with Crippen molar-refractivity contribution in [2.24, 2.45) is 0 Å². The lowest BCUT2D eigenvalue weighted by Gasteiger charge is -2.17. The van der Waals surface area contributed by atoms with Gasteiger partial charge >= 0.3 is 0 Å². The molecule has 0 spiro atoms. The molecule has 0 aliphatic heterocycles. The lowest BCUT2D eigenvalue weighted by atomic mass is 10.2. The van der Waals surface area contributed by atoms with Gasteiger partial charge in [0.1, 0.15) is 11.8 Å². The van der Waals surface area contributed by atoms with Crippen molar-refractivity contribution in [1.29, 1.82) is 0 Å². The molecule has 0 saturated carbocycles. The Balaban J connectivity index is 1.60. The minimum Gasteiger partial charge on any atom is -0.495 e. The fourth-order valence-corrected chi connectivity index (χ4v) is 2.89. The third-order valence-corrected chi connectivity index (χ3v) is 4.44. The first-order valence-corrected chi connectivity index (χ1v) is 9.83. The van der Waals surface area contributed by atoms with E-state index in [1.807, 2.05) is 0 Å². The highest BCUT2D eigenvalue weighted by Crippen LogP contribution is 2.28. The Morgan fingerprint density at radius 1 is 0.906 bits per heavy atom. The molecule has 0 aliphatic carbocycles. The van der Waals surface area contributed by atoms with E-state index in [0.29, 0.717) is 28.5 Å². The van der Waals surface area contributed by atoms with Crippen LogP contribution in [0.4, 0.5) is 22.7 Å². The van der Waals surface area contributed by atoms with Crippen LogP contribution >= 0.6 is 0 Å². The summed E-state index contributed by atoms with van der Waals surface area (Å²) in [6.45, 7) is 3.12. The highest BCUT2D eigenvalue weighted by Gasteiger charge is 2.16. The van der Waals surface area contributed by atoms with Crippen molar-refractivity contribution in [3.8, 4) is 5.75 Å². The number of anilines is 4. The Labute approximate surface area is 185 Å². The van der Waals surface area contributed by atoms with E-state index in [1.54, 1.807) is 61.5 Å². The molecule has 3 amide bonds. The smallest absolute Gasteiger partial charge is 0.291 e. The summed E-state index contributed by atoms with van der Waals surface area (Å²) in [5, 5.41) is 11.3. The van der Waals surface area contributed by atoms with Crippen LogP contribution in [0, 0.1) is 0 Å². The predicted molar refractivity (Wildman–Crippen MR) is 122 cm³/mol. The molecule has 1 heterocycles. The molecule has 32 heavy (non-hydrogen) atoms. The zero-order valence-corrected chi connectivity index (χ0v) is 17.9. The van der Waals surface area contributed by atoms with E-state index < -0.39 is 6.04 Å². The number of carbonyl (C=O) groups is 3. The summed E-state index contributed by atoms with van der Waals surface area (Å²) >= 11 is 0. The average molecular weight is 436 g/mol. The number of furan rings is 1. The fraction of sp³-hybridized carbons (Fsp3) is 0.174. The van der Waals surface area contributed by atoms with Gasteiger partial charge in [-0.05, 0) is 61.5 Å².